The predicted molar refractivity (Wildman–Crippen MR) is 60.4 cm³/mol. The molecule has 0 aliphatic heterocycles. The summed E-state index contributed by atoms with van der Waals surface area (Å²) in [6.07, 6.45) is 1.89. The Hall–Kier alpha value is -0.860. The van der Waals surface area contributed by atoms with Crippen LogP contribution in [0, 0.1) is 5.92 Å². The minimum Gasteiger partial charge on any atom is -0.452 e. The Morgan fingerprint density at radius 2 is 2.06 bits per heavy atom. The minimum atomic E-state index is -3.90. The Balaban J connectivity index is 2.40. The van der Waals surface area contributed by atoms with Crippen molar-refractivity contribution >= 4 is 16.3 Å². The first-order valence-electron chi connectivity index (χ1n) is 5.48. The zero-order valence-corrected chi connectivity index (χ0v) is 10.5. The topological polar surface area (TPSA) is 105 Å². The second-order valence-electron chi connectivity index (χ2n) is 4.06. The molecule has 0 heterocycles. The molecule has 2 atom stereocenters. The molecule has 2 unspecified atom stereocenters. The fourth-order valence-electron chi connectivity index (χ4n) is 1.83. The van der Waals surface area contributed by atoms with Crippen LogP contribution in [-0.2, 0) is 14.9 Å². The van der Waals surface area contributed by atoms with E-state index in [-0.39, 0.29) is 12.5 Å². The van der Waals surface area contributed by atoms with E-state index in [1.54, 1.807) is 4.72 Å². The Kier molecular flexibility index (Phi) is 5.16. The summed E-state index contributed by atoms with van der Waals surface area (Å²) in [5, 5.41) is 9.65. The van der Waals surface area contributed by atoms with Crippen LogP contribution in [0.25, 0.3) is 0 Å². The zero-order valence-electron chi connectivity index (χ0n) is 9.68. The van der Waals surface area contributed by atoms with Crippen molar-refractivity contribution in [3.05, 3.63) is 0 Å². The average Bonchev–Trinajstić information content (AvgIpc) is 2.27. The van der Waals surface area contributed by atoms with Gasteiger partial charge in [0.2, 0.25) is 0 Å². The molecule has 1 aliphatic rings. The highest BCUT2D eigenvalue weighted by atomic mass is 32.2. The van der Waals surface area contributed by atoms with E-state index in [1.165, 1.54) is 0 Å². The maximum atomic E-state index is 11.3. The van der Waals surface area contributed by atoms with Gasteiger partial charge in [0.15, 0.2) is 0 Å². The van der Waals surface area contributed by atoms with E-state index in [9.17, 15) is 18.3 Å². The van der Waals surface area contributed by atoms with E-state index in [4.69, 9.17) is 0 Å². The SMILES string of the molecule is COC(=O)NS(=O)(=O)NCC1CCCCC1O. The van der Waals surface area contributed by atoms with E-state index in [0.717, 1.165) is 26.4 Å². The maximum Gasteiger partial charge on any atom is 0.421 e. The summed E-state index contributed by atoms with van der Waals surface area (Å²) in [6, 6.07) is 0. The molecule has 0 radical (unpaired) electrons. The van der Waals surface area contributed by atoms with Gasteiger partial charge < -0.3 is 9.84 Å². The number of methoxy groups -OCH3 is 1. The number of carbonyl (C=O) groups excluding carboxylic acids is 1. The van der Waals surface area contributed by atoms with Crippen molar-refractivity contribution in [2.45, 2.75) is 31.8 Å². The lowest BCUT2D eigenvalue weighted by atomic mass is 9.87. The molecule has 0 bridgehead atoms. The van der Waals surface area contributed by atoms with Gasteiger partial charge in [-0.05, 0) is 18.8 Å². The number of ether oxygens (including phenoxy) is 1. The number of carbonyl (C=O) groups is 1. The van der Waals surface area contributed by atoms with Crippen LogP contribution in [0.5, 0.6) is 0 Å². The average molecular weight is 266 g/mol. The van der Waals surface area contributed by atoms with E-state index in [2.05, 4.69) is 9.46 Å². The third-order valence-corrected chi connectivity index (χ3v) is 3.79. The Morgan fingerprint density at radius 3 is 2.65 bits per heavy atom. The summed E-state index contributed by atoms with van der Waals surface area (Å²) in [5.41, 5.74) is 0. The second kappa shape index (κ2) is 6.18. The summed E-state index contributed by atoms with van der Waals surface area (Å²) >= 11 is 0. The van der Waals surface area contributed by atoms with Crippen LogP contribution in [0.15, 0.2) is 0 Å². The lowest BCUT2D eigenvalue weighted by molar-refractivity contribution is 0.0724. The first kappa shape index (κ1) is 14.2. The van der Waals surface area contributed by atoms with Crippen LogP contribution in [0.1, 0.15) is 25.7 Å². The lowest BCUT2D eigenvalue weighted by Gasteiger charge is -2.27. The Morgan fingerprint density at radius 1 is 1.41 bits per heavy atom. The molecule has 1 saturated carbocycles. The van der Waals surface area contributed by atoms with Crippen molar-refractivity contribution in [3.63, 3.8) is 0 Å². The van der Waals surface area contributed by atoms with Gasteiger partial charge in [-0.3, -0.25) is 0 Å². The van der Waals surface area contributed by atoms with Crippen LogP contribution in [0.4, 0.5) is 4.79 Å². The quantitative estimate of drug-likeness (QED) is 0.649. The van der Waals surface area contributed by atoms with Gasteiger partial charge in [0, 0.05) is 6.54 Å². The maximum absolute atomic E-state index is 11.3. The normalized spacial score (nSPS) is 25.3. The monoisotopic (exact) mass is 266 g/mol. The summed E-state index contributed by atoms with van der Waals surface area (Å²) in [5.74, 6) is -0.0991. The van der Waals surface area contributed by atoms with E-state index < -0.39 is 22.4 Å². The molecule has 0 saturated heterocycles. The molecule has 0 aromatic rings. The van der Waals surface area contributed by atoms with Crippen LogP contribution in [0.2, 0.25) is 0 Å². The largest absolute Gasteiger partial charge is 0.452 e. The van der Waals surface area contributed by atoms with Crippen molar-refractivity contribution in [1.29, 1.82) is 0 Å². The van der Waals surface area contributed by atoms with Gasteiger partial charge in [-0.15, -0.1) is 0 Å². The number of aliphatic hydroxyl groups excluding tert-OH is 1. The highest BCUT2D eigenvalue weighted by molar-refractivity contribution is 7.88. The molecule has 1 aliphatic carbocycles. The lowest BCUT2D eigenvalue weighted by Crippen LogP contribution is -2.44. The molecule has 8 heteroatoms. The third-order valence-electron chi connectivity index (χ3n) is 2.81. The number of amides is 1. The molecule has 0 aromatic carbocycles. The molecule has 0 aromatic heterocycles. The minimum absolute atomic E-state index is 0.0991. The molecular formula is C9H18N2O5S. The molecule has 1 rings (SSSR count). The van der Waals surface area contributed by atoms with Gasteiger partial charge in [-0.2, -0.15) is 13.1 Å². The van der Waals surface area contributed by atoms with E-state index in [1.807, 2.05) is 0 Å². The molecule has 1 amide bonds. The number of hydrogen-bond acceptors (Lipinski definition) is 5. The van der Waals surface area contributed by atoms with Crippen molar-refractivity contribution in [1.82, 2.24) is 9.44 Å². The van der Waals surface area contributed by atoms with Crippen molar-refractivity contribution in [2.75, 3.05) is 13.7 Å². The molecule has 1 fully saturated rings. The van der Waals surface area contributed by atoms with Crippen molar-refractivity contribution < 1.29 is 23.1 Å². The van der Waals surface area contributed by atoms with Crippen molar-refractivity contribution in [3.8, 4) is 0 Å². The van der Waals surface area contributed by atoms with Gasteiger partial charge >= 0.3 is 16.3 Å². The smallest absolute Gasteiger partial charge is 0.421 e. The van der Waals surface area contributed by atoms with Gasteiger partial charge in [-0.25, -0.2) is 9.52 Å². The highest BCUT2D eigenvalue weighted by Gasteiger charge is 2.25. The number of hydrogen-bond donors (Lipinski definition) is 3. The predicted octanol–water partition coefficient (Wildman–Crippen LogP) is -0.272. The number of aliphatic hydroxyl groups is 1. The zero-order chi connectivity index (χ0) is 12.9. The Bertz CT molecular complexity index is 356. The fraction of sp³-hybridized carbons (Fsp3) is 0.889. The molecule has 7 nitrogen and oxygen atoms in total. The van der Waals surface area contributed by atoms with Crippen LogP contribution >= 0.6 is 0 Å². The molecular weight excluding hydrogens is 248 g/mol. The number of nitrogens with one attached hydrogen (secondary N) is 2. The Labute approximate surface area is 101 Å². The van der Waals surface area contributed by atoms with Gasteiger partial charge in [0.05, 0.1) is 13.2 Å². The summed E-state index contributed by atoms with van der Waals surface area (Å²) in [4.78, 5) is 10.7. The highest BCUT2D eigenvalue weighted by Crippen LogP contribution is 2.23. The fourth-order valence-corrected chi connectivity index (χ4v) is 2.64. The molecule has 100 valence electrons. The molecule has 17 heavy (non-hydrogen) atoms. The molecule has 3 N–H and O–H groups in total. The third kappa shape index (κ3) is 4.88. The van der Waals surface area contributed by atoms with Gasteiger partial charge in [0.1, 0.15) is 0 Å². The number of rotatable bonds is 4. The summed E-state index contributed by atoms with van der Waals surface area (Å²) < 4.78 is 30.8. The first-order valence-corrected chi connectivity index (χ1v) is 6.96. The van der Waals surface area contributed by atoms with Crippen LogP contribution < -0.4 is 9.44 Å². The standard InChI is InChI=1S/C9H18N2O5S/c1-16-9(13)11-17(14,15)10-6-7-4-2-3-5-8(7)12/h7-8,10,12H,2-6H2,1H3,(H,11,13). The first-order chi connectivity index (χ1) is 7.94. The van der Waals surface area contributed by atoms with Gasteiger partial charge in [0.25, 0.3) is 0 Å². The molecule has 0 spiro atoms. The van der Waals surface area contributed by atoms with Crippen LogP contribution in [-0.4, -0.2) is 39.4 Å². The van der Waals surface area contributed by atoms with E-state index >= 15 is 0 Å². The van der Waals surface area contributed by atoms with Crippen molar-refractivity contribution in [2.24, 2.45) is 5.92 Å². The summed E-state index contributed by atoms with van der Waals surface area (Å²) in [7, 11) is -2.82. The summed E-state index contributed by atoms with van der Waals surface area (Å²) in [6.45, 7) is 0.119. The van der Waals surface area contributed by atoms with Crippen LogP contribution in [0.3, 0.4) is 0 Å². The van der Waals surface area contributed by atoms with E-state index in [0.29, 0.717) is 6.42 Å². The van der Waals surface area contributed by atoms with Gasteiger partial charge in [-0.1, -0.05) is 12.8 Å². The second-order valence-corrected chi connectivity index (χ2v) is 5.56.